The van der Waals surface area contributed by atoms with Crippen molar-refractivity contribution in [2.24, 2.45) is 0 Å². The average Bonchev–Trinajstić information content (AvgIpc) is 2.46. The molecule has 1 fully saturated rings. The van der Waals surface area contributed by atoms with Crippen molar-refractivity contribution in [2.45, 2.75) is 32.4 Å². The summed E-state index contributed by atoms with van der Waals surface area (Å²) >= 11 is 0. The minimum Gasteiger partial charge on any atom is -0.374 e. The summed E-state index contributed by atoms with van der Waals surface area (Å²) in [4.78, 5) is 11.1. The molecule has 1 aromatic rings. The van der Waals surface area contributed by atoms with Gasteiger partial charge < -0.3 is 10.1 Å². The van der Waals surface area contributed by atoms with E-state index < -0.39 is 0 Å². The van der Waals surface area contributed by atoms with Crippen molar-refractivity contribution in [3.8, 4) is 0 Å². The lowest BCUT2D eigenvalue weighted by atomic mass is 10.1. The van der Waals surface area contributed by atoms with Crippen LogP contribution in [0.5, 0.6) is 0 Å². The molecule has 0 aromatic carbocycles. The van der Waals surface area contributed by atoms with Crippen LogP contribution in [0, 0.1) is 0 Å². The predicted molar refractivity (Wildman–Crippen MR) is 74.9 cm³/mol. The van der Waals surface area contributed by atoms with Crippen LogP contribution in [0.3, 0.4) is 0 Å². The lowest BCUT2D eigenvalue weighted by Gasteiger charge is -2.36. The molecule has 2 rings (SSSR count). The highest BCUT2D eigenvalue weighted by Crippen LogP contribution is 2.20. The Morgan fingerprint density at radius 3 is 3.05 bits per heavy atom. The molecule has 1 saturated heterocycles. The van der Waals surface area contributed by atoms with Gasteiger partial charge in [-0.1, -0.05) is 13.8 Å². The zero-order chi connectivity index (χ0) is 13.5. The third kappa shape index (κ3) is 3.96. The van der Waals surface area contributed by atoms with Gasteiger partial charge in [-0.05, 0) is 19.5 Å². The van der Waals surface area contributed by atoms with Crippen LogP contribution in [0.1, 0.15) is 32.0 Å². The second-order valence-electron chi connectivity index (χ2n) is 4.88. The Morgan fingerprint density at radius 2 is 2.37 bits per heavy atom. The fourth-order valence-electron chi connectivity index (χ4n) is 2.57. The number of morpholine rings is 1. The molecular formula is C14H24N4O. The fraction of sp³-hybridized carbons (Fsp3) is 0.714. The number of hydrogen-bond donors (Lipinski definition) is 1. The van der Waals surface area contributed by atoms with Gasteiger partial charge in [0.15, 0.2) is 0 Å². The Morgan fingerprint density at radius 1 is 1.47 bits per heavy atom. The lowest BCUT2D eigenvalue weighted by Crippen LogP contribution is -2.48. The second-order valence-corrected chi connectivity index (χ2v) is 4.88. The van der Waals surface area contributed by atoms with Crippen LogP contribution in [0.15, 0.2) is 18.6 Å². The van der Waals surface area contributed by atoms with E-state index in [9.17, 15) is 0 Å². The van der Waals surface area contributed by atoms with E-state index in [2.05, 4.69) is 34.0 Å². The fourth-order valence-corrected chi connectivity index (χ4v) is 2.57. The summed E-state index contributed by atoms with van der Waals surface area (Å²) in [6.45, 7) is 9.15. The number of nitrogens with one attached hydrogen (secondary N) is 1. The Kier molecular flexibility index (Phi) is 5.69. The van der Waals surface area contributed by atoms with E-state index in [0.717, 1.165) is 38.5 Å². The van der Waals surface area contributed by atoms with Gasteiger partial charge in [-0.25, -0.2) is 0 Å². The Bertz CT molecular complexity index is 358. The summed E-state index contributed by atoms with van der Waals surface area (Å²) in [5.74, 6) is 0. The lowest BCUT2D eigenvalue weighted by molar-refractivity contribution is -0.0475. The Labute approximate surface area is 115 Å². The molecule has 1 N–H and O–H groups in total. The van der Waals surface area contributed by atoms with Crippen molar-refractivity contribution in [1.82, 2.24) is 20.2 Å². The molecule has 0 bridgehead atoms. The number of hydrogen-bond acceptors (Lipinski definition) is 5. The standard InChI is InChI=1S/C14H24N4O/c1-3-7-18-8-9-19-13(11-18)14(16-4-2)12-10-15-5-6-17-12/h5-6,10,13-14,16H,3-4,7-9,11H2,1-2H3. The van der Waals surface area contributed by atoms with E-state index in [4.69, 9.17) is 4.74 Å². The number of nitrogens with zero attached hydrogens (tertiary/aromatic N) is 3. The van der Waals surface area contributed by atoms with Gasteiger partial charge in [-0.3, -0.25) is 14.9 Å². The van der Waals surface area contributed by atoms with Crippen molar-refractivity contribution in [3.63, 3.8) is 0 Å². The van der Waals surface area contributed by atoms with E-state index in [1.807, 2.05) is 6.20 Å². The highest BCUT2D eigenvalue weighted by atomic mass is 16.5. The first-order chi connectivity index (χ1) is 9.35. The molecule has 19 heavy (non-hydrogen) atoms. The molecule has 1 aromatic heterocycles. The topological polar surface area (TPSA) is 50.3 Å². The number of aromatic nitrogens is 2. The van der Waals surface area contributed by atoms with Crippen molar-refractivity contribution < 1.29 is 4.74 Å². The molecule has 0 radical (unpaired) electrons. The quantitative estimate of drug-likeness (QED) is 0.837. The van der Waals surface area contributed by atoms with Crippen LogP contribution in [0.2, 0.25) is 0 Å². The monoisotopic (exact) mass is 264 g/mol. The smallest absolute Gasteiger partial charge is 0.0912 e. The molecule has 0 aliphatic carbocycles. The van der Waals surface area contributed by atoms with Crippen LogP contribution in [-0.2, 0) is 4.74 Å². The summed E-state index contributed by atoms with van der Waals surface area (Å²) in [5, 5.41) is 3.48. The van der Waals surface area contributed by atoms with E-state index in [1.165, 1.54) is 6.42 Å². The molecular weight excluding hydrogens is 240 g/mol. The minimum absolute atomic E-state index is 0.123. The van der Waals surface area contributed by atoms with E-state index in [0.29, 0.717) is 0 Å². The van der Waals surface area contributed by atoms with Crippen LogP contribution in [-0.4, -0.2) is 53.8 Å². The molecule has 5 nitrogen and oxygen atoms in total. The first kappa shape index (κ1) is 14.4. The summed E-state index contributed by atoms with van der Waals surface area (Å²) in [7, 11) is 0. The van der Waals surface area contributed by atoms with E-state index in [-0.39, 0.29) is 12.1 Å². The maximum atomic E-state index is 5.95. The Hall–Kier alpha value is -1.04. The predicted octanol–water partition coefficient (Wildman–Crippen LogP) is 1.24. The normalized spacial score (nSPS) is 22.3. The molecule has 2 heterocycles. The largest absolute Gasteiger partial charge is 0.374 e. The highest BCUT2D eigenvalue weighted by Gasteiger charge is 2.29. The van der Waals surface area contributed by atoms with Crippen molar-refractivity contribution >= 4 is 0 Å². The van der Waals surface area contributed by atoms with Crippen LogP contribution in [0.25, 0.3) is 0 Å². The van der Waals surface area contributed by atoms with Gasteiger partial charge in [0.05, 0.1) is 30.6 Å². The zero-order valence-electron chi connectivity index (χ0n) is 11.9. The first-order valence-corrected chi connectivity index (χ1v) is 7.18. The van der Waals surface area contributed by atoms with Gasteiger partial charge in [0.25, 0.3) is 0 Å². The summed E-state index contributed by atoms with van der Waals surface area (Å²) < 4.78 is 5.95. The molecule has 1 aliphatic rings. The molecule has 2 unspecified atom stereocenters. The SMILES string of the molecule is CCCN1CCOC(C(NCC)c2cnccn2)C1. The minimum atomic E-state index is 0.123. The average molecular weight is 264 g/mol. The van der Waals surface area contributed by atoms with Gasteiger partial charge in [-0.15, -0.1) is 0 Å². The third-order valence-corrected chi connectivity index (χ3v) is 3.42. The number of rotatable bonds is 6. The second kappa shape index (κ2) is 7.53. The zero-order valence-corrected chi connectivity index (χ0v) is 11.9. The van der Waals surface area contributed by atoms with Crippen molar-refractivity contribution in [1.29, 1.82) is 0 Å². The van der Waals surface area contributed by atoms with Crippen LogP contribution < -0.4 is 5.32 Å². The third-order valence-electron chi connectivity index (χ3n) is 3.42. The van der Waals surface area contributed by atoms with Gasteiger partial charge in [0.1, 0.15) is 0 Å². The van der Waals surface area contributed by atoms with Crippen molar-refractivity contribution in [3.05, 3.63) is 24.3 Å². The molecule has 2 atom stereocenters. The highest BCUT2D eigenvalue weighted by molar-refractivity contribution is 5.06. The maximum Gasteiger partial charge on any atom is 0.0912 e. The molecule has 1 aliphatic heterocycles. The Balaban J connectivity index is 2.06. The van der Waals surface area contributed by atoms with E-state index in [1.54, 1.807) is 12.4 Å². The number of ether oxygens (including phenoxy) is 1. The summed E-state index contributed by atoms with van der Waals surface area (Å²) in [6.07, 6.45) is 6.61. The first-order valence-electron chi connectivity index (χ1n) is 7.18. The van der Waals surface area contributed by atoms with Gasteiger partial charge in [0, 0.05) is 25.5 Å². The maximum absolute atomic E-state index is 5.95. The van der Waals surface area contributed by atoms with Crippen LogP contribution >= 0.6 is 0 Å². The van der Waals surface area contributed by atoms with Gasteiger partial charge in [0.2, 0.25) is 0 Å². The van der Waals surface area contributed by atoms with Gasteiger partial charge in [-0.2, -0.15) is 0 Å². The summed E-state index contributed by atoms with van der Waals surface area (Å²) in [5.41, 5.74) is 0.965. The molecule has 5 heteroatoms. The molecule has 0 saturated carbocycles. The molecule has 106 valence electrons. The number of likely N-dealkylation sites (N-methyl/N-ethyl adjacent to an activating group) is 1. The summed E-state index contributed by atoms with van der Waals surface area (Å²) in [6, 6.07) is 0.123. The van der Waals surface area contributed by atoms with Crippen molar-refractivity contribution in [2.75, 3.05) is 32.8 Å². The van der Waals surface area contributed by atoms with Crippen LogP contribution in [0.4, 0.5) is 0 Å². The molecule has 0 spiro atoms. The van der Waals surface area contributed by atoms with E-state index >= 15 is 0 Å². The van der Waals surface area contributed by atoms with Gasteiger partial charge >= 0.3 is 0 Å². The molecule has 0 amide bonds.